The summed E-state index contributed by atoms with van der Waals surface area (Å²) in [7, 11) is 0. The van der Waals surface area contributed by atoms with Crippen LogP contribution in [0.2, 0.25) is 0 Å². The van der Waals surface area contributed by atoms with Crippen molar-refractivity contribution in [2.45, 2.75) is 30.0 Å². The number of nitrogens with one attached hydrogen (secondary N) is 1. The summed E-state index contributed by atoms with van der Waals surface area (Å²) in [6.07, 6.45) is -0.140. The molecule has 0 aliphatic heterocycles. The molecule has 0 amide bonds. The van der Waals surface area contributed by atoms with E-state index < -0.39 is 11.6 Å². The molecule has 1 aromatic heterocycles. The van der Waals surface area contributed by atoms with Gasteiger partial charge in [0, 0.05) is 6.07 Å². The number of hydrazine groups is 1. The van der Waals surface area contributed by atoms with E-state index in [2.05, 4.69) is 20.4 Å². The molecule has 0 unspecified atom stereocenters. The maximum absolute atomic E-state index is 13.6. The summed E-state index contributed by atoms with van der Waals surface area (Å²) in [6.45, 7) is 3.62. The molecule has 0 saturated heterocycles. The Morgan fingerprint density at radius 2 is 2.00 bits per heavy atom. The Bertz CT molecular complexity index is 641. The number of halogens is 2. The van der Waals surface area contributed by atoms with Crippen LogP contribution in [-0.2, 0) is 0 Å². The third-order valence-corrected chi connectivity index (χ3v) is 3.08. The number of nitrogen functional groups attached to an aromatic ring is 1. The van der Waals surface area contributed by atoms with E-state index in [0.717, 1.165) is 23.9 Å². The first-order valence-electron chi connectivity index (χ1n) is 6.00. The van der Waals surface area contributed by atoms with Crippen molar-refractivity contribution in [1.29, 1.82) is 0 Å². The van der Waals surface area contributed by atoms with Crippen molar-refractivity contribution in [1.82, 2.24) is 15.0 Å². The van der Waals surface area contributed by atoms with Crippen LogP contribution >= 0.6 is 11.8 Å². The first-order chi connectivity index (χ1) is 9.97. The van der Waals surface area contributed by atoms with E-state index in [1.807, 2.05) is 13.8 Å². The first kappa shape index (κ1) is 15.4. The van der Waals surface area contributed by atoms with Gasteiger partial charge < -0.3 is 4.74 Å². The molecule has 0 saturated carbocycles. The lowest BCUT2D eigenvalue weighted by Gasteiger charge is -2.10. The van der Waals surface area contributed by atoms with Gasteiger partial charge in [-0.25, -0.2) is 14.6 Å². The predicted molar refractivity (Wildman–Crippen MR) is 73.9 cm³/mol. The molecule has 0 spiro atoms. The van der Waals surface area contributed by atoms with Gasteiger partial charge in [0.15, 0.2) is 0 Å². The van der Waals surface area contributed by atoms with Crippen LogP contribution in [0.4, 0.5) is 14.7 Å². The van der Waals surface area contributed by atoms with Gasteiger partial charge in [-0.3, -0.25) is 5.43 Å². The molecule has 0 aliphatic rings. The highest BCUT2D eigenvalue weighted by Crippen LogP contribution is 2.29. The van der Waals surface area contributed by atoms with E-state index in [1.54, 1.807) is 0 Å². The normalized spacial score (nSPS) is 10.8. The fourth-order valence-electron chi connectivity index (χ4n) is 1.37. The minimum atomic E-state index is -0.700. The molecule has 0 fully saturated rings. The Kier molecular flexibility index (Phi) is 4.86. The first-order valence-corrected chi connectivity index (χ1v) is 6.82. The number of hydrogen-bond acceptors (Lipinski definition) is 7. The fraction of sp³-hybridized carbons (Fsp3) is 0.250. The summed E-state index contributed by atoms with van der Waals surface area (Å²) >= 11 is 0.914. The van der Waals surface area contributed by atoms with Crippen LogP contribution in [-0.4, -0.2) is 21.1 Å². The molecule has 112 valence electrons. The summed E-state index contributed by atoms with van der Waals surface area (Å²) in [5, 5.41) is 0.180. The van der Waals surface area contributed by atoms with Crippen LogP contribution in [0.3, 0.4) is 0 Å². The SMILES string of the molecule is CC(C)Oc1nc(NN)nc(Sc2ccc(F)cc2F)n1. The molecule has 3 N–H and O–H groups in total. The molecule has 0 atom stereocenters. The van der Waals surface area contributed by atoms with Gasteiger partial charge in [-0.05, 0) is 37.7 Å². The topological polar surface area (TPSA) is 86.0 Å². The fourth-order valence-corrected chi connectivity index (χ4v) is 2.11. The van der Waals surface area contributed by atoms with Gasteiger partial charge in [0.1, 0.15) is 11.6 Å². The maximum Gasteiger partial charge on any atom is 0.322 e. The van der Waals surface area contributed by atoms with Gasteiger partial charge >= 0.3 is 6.01 Å². The second kappa shape index (κ2) is 6.64. The summed E-state index contributed by atoms with van der Waals surface area (Å²) in [4.78, 5) is 12.1. The van der Waals surface area contributed by atoms with E-state index in [4.69, 9.17) is 10.6 Å². The molecular weight excluding hydrogens is 300 g/mol. The number of hydrogen-bond donors (Lipinski definition) is 2. The third-order valence-electron chi connectivity index (χ3n) is 2.16. The second-order valence-electron chi connectivity index (χ2n) is 4.21. The van der Waals surface area contributed by atoms with Crippen molar-refractivity contribution in [3.05, 3.63) is 29.8 Å². The minimum Gasteiger partial charge on any atom is -0.461 e. The van der Waals surface area contributed by atoms with Crippen molar-refractivity contribution in [2.75, 3.05) is 5.43 Å². The zero-order valence-electron chi connectivity index (χ0n) is 11.3. The standard InChI is InChI=1S/C12H13F2N5OS/c1-6(2)20-11-16-10(19-15)17-12(18-11)21-9-4-3-7(13)5-8(9)14/h3-6H,15H2,1-2H3,(H,16,17,18,19). The Morgan fingerprint density at radius 3 is 2.62 bits per heavy atom. The molecule has 9 heteroatoms. The molecule has 2 rings (SSSR count). The third kappa shape index (κ3) is 4.23. The summed E-state index contributed by atoms with van der Waals surface area (Å²) < 4.78 is 31.9. The van der Waals surface area contributed by atoms with E-state index >= 15 is 0 Å². The lowest BCUT2D eigenvalue weighted by atomic mass is 10.3. The largest absolute Gasteiger partial charge is 0.461 e. The highest BCUT2D eigenvalue weighted by atomic mass is 32.2. The van der Waals surface area contributed by atoms with Gasteiger partial charge in [0.25, 0.3) is 0 Å². The van der Waals surface area contributed by atoms with Gasteiger partial charge in [-0.1, -0.05) is 0 Å². The van der Waals surface area contributed by atoms with Crippen LogP contribution in [0.25, 0.3) is 0 Å². The zero-order valence-corrected chi connectivity index (χ0v) is 12.1. The van der Waals surface area contributed by atoms with Gasteiger partial charge in [-0.2, -0.15) is 15.0 Å². The summed E-state index contributed by atoms with van der Waals surface area (Å²) in [6, 6.07) is 3.31. The number of ether oxygens (including phenoxy) is 1. The molecule has 6 nitrogen and oxygen atoms in total. The Labute approximate surface area is 124 Å². The number of nitrogens with two attached hydrogens (primary N) is 1. The van der Waals surface area contributed by atoms with E-state index in [1.165, 1.54) is 6.07 Å². The molecule has 1 aromatic carbocycles. The minimum absolute atomic E-state index is 0.0676. The Hall–Kier alpha value is -2.00. The van der Waals surface area contributed by atoms with Crippen molar-refractivity contribution in [3.63, 3.8) is 0 Å². The Morgan fingerprint density at radius 1 is 1.24 bits per heavy atom. The van der Waals surface area contributed by atoms with Crippen LogP contribution in [0.15, 0.2) is 28.3 Å². The number of nitrogens with zero attached hydrogens (tertiary/aromatic N) is 3. The maximum atomic E-state index is 13.6. The van der Waals surface area contributed by atoms with E-state index in [0.29, 0.717) is 0 Å². The van der Waals surface area contributed by atoms with Crippen LogP contribution < -0.4 is 16.0 Å². The average molecular weight is 313 g/mol. The van der Waals surface area contributed by atoms with Crippen molar-refractivity contribution in [3.8, 4) is 6.01 Å². The molecular formula is C12H13F2N5OS. The van der Waals surface area contributed by atoms with E-state index in [9.17, 15) is 8.78 Å². The monoisotopic (exact) mass is 313 g/mol. The molecule has 2 aromatic rings. The van der Waals surface area contributed by atoms with Crippen molar-refractivity contribution in [2.24, 2.45) is 5.84 Å². The Balaban J connectivity index is 2.29. The molecule has 1 heterocycles. The number of aromatic nitrogens is 3. The van der Waals surface area contributed by atoms with Crippen LogP contribution in [0.5, 0.6) is 6.01 Å². The molecule has 0 aliphatic carbocycles. The van der Waals surface area contributed by atoms with E-state index in [-0.39, 0.29) is 28.1 Å². The van der Waals surface area contributed by atoms with Crippen LogP contribution in [0, 0.1) is 11.6 Å². The molecule has 0 radical (unpaired) electrons. The number of benzene rings is 1. The number of anilines is 1. The predicted octanol–water partition coefficient (Wildman–Crippen LogP) is 2.37. The van der Waals surface area contributed by atoms with Gasteiger partial charge in [-0.15, -0.1) is 0 Å². The van der Waals surface area contributed by atoms with Crippen molar-refractivity contribution < 1.29 is 13.5 Å². The highest BCUT2D eigenvalue weighted by molar-refractivity contribution is 7.99. The summed E-state index contributed by atoms with van der Waals surface area (Å²) in [5.74, 6) is 4.01. The van der Waals surface area contributed by atoms with Gasteiger partial charge in [0.05, 0.1) is 11.0 Å². The quantitative estimate of drug-likeness (QED) is 0.647. The highest BCUT2D eigenvalue weighted by Gasteiger charge is 2.12. The van der Waals surface area contributed by atoms with Crippen LogP contribution in [0.1, 0.15) is 13.8 Å². The molecule has 21 heavy (non-hydrogen) atoms. The number of rotatable bonds is 5. The lowest BCUT2D eigenvalue weighted by Crippen LogP contribution is -2.15. The smallest absolute Gasteiger partial charge is 0.322 e. The lowest BCUT2D eigenvalue weighted by molar-refractivity contribution is 0.219. The summed E-state index contributed by atoms with van der Waals surface area (Å²) in [5.41, 5.74) is 2.28. The van der Waals surface area contributed by atoms with Crippen molar-refractivity contribution >= 4 is 17.7 Å². The molecule has 0 bridgehead atoms. The van der Waals surface area contributed by atoms with Gasteiger partial charge in [0.2, 0.25) is 11.1 Å². The second-order valence-corrected chi connectivity index (χ2v) is 5.22. The zero-order chi connectivity index (χ0) is 15.4. The average Bonchev–Trinajstić information content (AvgIpc) is 2.41.